The third kappa shape index (κ3) is 1.60. The predicted molar refractivity (Wildman–Crippen MR) is 42.1 cm³/mol. The molecule has 1 rings (SSSR count). The van der Waals surface area contributed by atoms with Crippen LogP contribution >= 0.6 is 0 Å². The Bertz CT molecular complexity index is 418. The van der Waals surface area contributed by atoms with Crippen LogP contribution in [0, 0.1) is 17.0 Å². The van der Waals surface area contributed by atoms with Crippen molar-refractivity contribution in [2.75, 3.05) is 0 Å². The van der Waals surface area contributed by atoms with Gasteiger partial charge < -0.3 is 9.52 Å². The van der Waals surface area contributed by atoms with E-state index in [1.807, 2.05) is 0 Å². The van der Waals surface area contributed by atoms with Crippen LogP contribution in [-0.2, 0) is 4.79 Å². The van der Waals surface area contributed by atoms with Crippen molar-refractivity contribution in [1.29, 1.82) is 0 Å². The molecule has 0 radical (unpaired) electrons. The van der Waals surface area contributed by atoms with Gasteiger partial charge in [0.2, 0.25) is 0 Å². The molecule has 0 aliphatic heterocycles. The summed E-state index contributed by atoms with van der Waals surface area (Å²) < 4.78 is 4.63. The Balaban J connectivity index is 3.15. The molecule has 74 valence electrons. The second-order valence-electron chi connectivity index (χ2n) is 2.44. The zero-order valence-corrected chi connectivity index (χ0v) is 7.01. The maximum atomic E-state index is 10.8. The SMILES string of the molecule is Cc1oc(C(=O)C(=O)O)cc1[N+](=O)[O-]. The van der Waals surface area contributed by atoms with E-state index in [-0.39, 0.29) is 5.76 Å². The average Bonchev–Trinajstić information content (AvgIpc) is 2.45. The van der Waals surface area contributed by atoms with Crippen molar-refractivity contribution in [2.45, 2.75) is 6.92 Å². The van der Waals surface area contributed by atoms with Crippen molar-refractivity contribution in [3.8, 4) is 0 Å². The zero-order chi connectivity index (χ0) is 10.9. The number of nitrogens with zero attached hydrogens (tertiary/aromatic N) is 1. The van der Waals surface area contributed by atoms with Crippen LogP contribution in [0.15, 0.2) is 10.5 Å². The first-order chi connectivity index (χ1) is 6.43. The summed E-state index contributed by atoms with van der Waals surface area (Å²) in [7, 11) is 0. The maximum absolute atomic E-state index is 10.8. The summed E-state index contributed by atoms with van der Waals surface area (Å²) in [5.41, 5.74) is -0.408. The highest BCUT2D eigenvalue weighted by Gasteiger charge is 2.25. The van der Waals surface area contributed by atoms with Crippen LogP contribution in [0.5, 0.6) is 0 Å². The van der Waals surface area contributed by atoms with Crippen LogP contribution in [0.2, 0.25) is 0 Å². The standard InChI is InChI=1S/C7H5NO6/c1-3-4(8(12)13)2-5(14-3)6(9)7(10)11/h2H,1H3,(H,10,11). The van der Waals surface area contributed by atoms with Crippen molar-refractivity contribution in [3.05, 3.63) is 27.7 Å². The Hall–Kier alpha value is -2.18. The number of carbonyl (C=O) groups is 2. The minimum atomic E-state index is -1.71. The fourth-order valence-electron chi connectivity index (χ4n) is 0.871. The Kier molecular flexibility index (Phi) is 2.32. The number of hydrogen-bond acceptors (Lipinski definition) is 5. The molecule has 0 aromatic carbocycles. The van der Waals surface area contributed by atoms with Gasteiger partial charge in [0.05, 0.1) is 11.0 Å². The number of aryl methyl sites for hydroxylation is 1. The smallest absolute Gasteiger partial charge is 0.380 e. The number of ketones is 1. The first kappa shape index (κ1) is 9.90. The van der Waals surface area contributed by atoms with E-state index in [1.54, 1.807) is 0 Å². The molecule has 0 saturated carbocycles. The van der Waals surface area contributed by atoms with E-state index >= 15 is 0 Å². The predicted octanol–water partition coefficient (Wildman–Crippen LogP) is 0.764. The molecule has 1 aromatic rings. The molecule has 1 N–H and O–H groups in total. The molecule has 7 nitrogen and oxygen atoms in total. The molecular weight excluding hydrogens is 194 g/mol. The van der Waals surface area contributed by atoms with Crippen molar-refractivity contribution in [1.82, 2.24) is 0 Å². The van der Waals surface area contributed by atoms with Gasteiger partial charge in [-0.2, -0.15) is 0 Å². The average molecular weight is 199 g/mol. The van der Waals surface area contributed by atoms with E-state index in [9.17, 15) is 19.7 Å². The fraction of sp³-hybridized carbons (Fsp3) is 0.143. The summed E-state index contributed by atoms with van der Waals surface area (Å²) >= 11 is 0. The number of carboxylic acids is 1. The van der Waals surface area contributed by atoms with Gasteiger partial charge in [-0.15, -0.1) is 0 Å². The van der Waals surface area contributed by atoms with Gasteiger partial charge in [-0.05, 0) is 0 Å². The topological polar surface area (TPSA) is 111 Å². The van der Waals surface area contributed by atoms with Gasteiger partial charge in [0.1, 0.15) is 0 Å². The summed E-state index contributed by atoms with van der Waals surface area (Å²) in [6.45, 7) is 1.27. The van der Waals surface area contributed by atoms with Gasteiger partial charge >= 0.3 is 17.4 Å². The normalized spacial score (nSPS) is 9.79. The number of rotatable bonds is 3. The molecule has 0 amide bonds. The van der Waals surface area contributed by atoms with Gasteiger partial charge in [0, 0.05) is 6.92 Å². The third-order valence-electron chi connectivity index (χ3n) is 1.51. The maximum Gasteiger partial charge on any atom is 0.380 e. The van der Waals surface area contributed by atoms with Crippen LogP contribution in [0.1, 0.15) is 16.3 Å². The van der Waals surface area contributed by atoms with E-state index in [0.29, 0.717) is 0 Å². The van der Waals surface area contributed by atoms with E-state index in [0.717, 1.165) is 6.07 Å². The second kappa shape index (κ2) is 3.29. The number of aliphatic carboxylic acids is 1. The molecule has 14 heavy (non-hydrogen) atoms. The summed E-state index contributed by atoms with van der Waals surface area (Å²) in [4.78, 5) is 30.6. The molecule has 0 saturated heterocycles. The second-order valence-corrected chi connectivity index (χ2v) is 2.44. The summed E-state index contributed by atoms with van der Waals surface area (Å²) in [5.74, 6) is -3.66. The van der Waals surface area contributed by atoms with Crippen LogP contribution in [-0.4, -0.2) is 21.8 Å². The largest absolute Gasteiger partial charge is 0.475 e. The fourth-order valence-corrected chi connectivity index (χ4v) is 0.871. The van der Waals surface area contributed by atoms with Crippen molar-refractivity contribution in [2.24, 2.45) is 0 Å². The molecule has 0 spiro atoms. The number of furan rings is 1. The lowest BCUT2D eigenvalue weighted by Crippen LogP contribution is -2.11. The summed E-state index contributed by atoms with van der Waals surface area (Å²) in [6.07, 6.45) is 0. The van der Waals surface area contributed by atoms with Crippen LogP contribution in [0.4, 0.5) is 5.69 Å². The molecule has 7 heteroatoms. The van der Waals surface area contributed by atoms with Crippen LogP contribution < -0.4 is 0 Å². The van der Waals surface area contributed by atoms with Crippen molar-refractivity contribution in [3.63, 3.8) is 0 Å². The molecule has 0 fully saturated rings. The summed E-state index contributed by atoms with van der Waals surface area (Å²) in [5, 5.41) is 18.6. The number of Topliss-reactive ketones (excluding diaryl/α,β-unsaturated/α-hetero) is 1. The molecule has 1 heterocycles. The summed E-state index contributed by atoms with van der Waals surface area (Å²) in [6, 6.07) is 0.797. The van der Waals surface area contributed by atoms with Crippen molar-refractivity contribution >= 4 is 17.4 Å². The Morgan fingerprint density at radius 3 is 2.50 bits per heavy atom. The van der Waals surface area contributed by atoms with E-state index in [2.05, 4.69) is 4.42 Å². The molecular formula is C7H5NO6. The van der Waals surface area contributed by atoms with Gasteiger partial charge in [-0.1, -0.05) is 0 Å². The number of carbonyl (C=O) groups excluding carboxylic acids is 1. The highest BCUT2D eigenvalue weighted by atomic mass is 16.6. The quantitative estimate of drug-likeness (QED) is 0.333. The lowest BCUT2D eigenvalue weighted by atomic mass is 10.3. The zero-order valence-electron chi connectivity index (χ0n) is 7.01. The lowest BCUT2D eigenvalue weighted by Gasteiger charge is -1.85. The molecule has 0 aliphatic rings. The highest BCUT2D eigenvalue weighted by molar-refractivity contribution is 6.39. The molecule has 0 aliphatic carbocycles. The monoisotopic (exact) mass is 199 g/mol. The van der Waals surface area contributed by atoms with Gasteiger partial charge in [-0.25, -0.2) is 4.79 Å². The van der Waals surface area contributed by atoms with Gasteiger partial charge in [0.15, 0.2) is 11.5 Å². The Labute approximate surface area is 77.1 Å². The molecule has 0 atom stereocenters. The van der Waals surface area contributed by atoms with E-state index in [4.69, 9.17) is 5.11 Å². The van der Waals surface area contributed by atoms with E-state index < -0.39 is 28.1 Å². The number of hydrogen-bond donors (Lipinski definition) is 1. The molecule has 1 aromatic heterocycles. The van der Waals surface area contributed by atoms with Crippen LogP contribution in [0.25, 0.3) is 0 Å². The number of nitro groups is 1. The van der Waals surface area contributed by atoms with Gasteiger partial charge in [-0.3, -0.25) is 14.9 Å². The minimum absolute atomic E-state index is 0.0976. The van der Waals surface area contributed by atoms with Crippen LogP contribution in [0.3, 0.4) is 0 Å². The Morgan fingerprint density at radius 2 is 2.14 bits per heavy atom. The first-order valence-electron chi connectivity index (χ1n) is 3.46. The first-order valence-corrected chi connectivity index (χ1v) is 3.46. The van der Waals surface area contributed by atoms with Gasteiger partial charge in [0.25, 0.3) is 0 Å². The molecule has 0 bridgehead atoms. The molecule has 0 unspecified atom stereocenters. The number of carboxylic acid groups (broad SMARTS) is 1. The van der Waals surface area contributed by atoms with Crippen molar-refractivity contribution < 1.29 is 24.0 Å². The van der Waals surface area contributed by atoms with E-state index in [1.165, 1.54) is 6.92 Å². The Morgan fingerprint density at radius 1 is 1.57 bits per heavy atom. The minimum Gasteiger partial charge on any atom is -0.475 e. The third-order valence-corrected chi connectivity index (χ3v) is 1.51. The lowest BCUT2D eigenvalue weighted by molar-refractivity contribution is -0.385. The highest BCUT2D eigenvalue weighted by Crippen LogP contribution is 2.22.